The van der Waals surface area contributed by atoms with Crippen molar-refractivity contribution in [3.63, 3.8) is 0 Å². The topological polar surface area (TPSA) is 29.6 Å². The monoisotopic (exact) mass is 238 g/mol. The number of ether oxygens (including phenoxy) is 1. The minimum atomic E-state index is -0.0474. The number of rotatable bonds is 0. The zero-order valence-electron chi connectivity index (χ0n) is 11.9. The van der Waals surface area contributed by atoms with Crippen molar-refractivity contribution < 1.29 is 9.53 Å². The largest absolute Gasteiger partial charge is 0.357 e. The molecule has 17 heavy (non-hydrogen) atoms. The molecule has 2 heteroatoms. The lowest BCUT2D eigenvalue weighted by Crippen LogP contribution is -2.52. The summed E-state index contributed by atoms with van der Waals surface area (Å²) in [6.45, 7) is 11.0. The lowest BCUT2D eigenvalue weighted by molar-refractivity contribution is -0.123. The standard InChI is InChI=1S/C13H20O2.C2H6/c1-8-4-7-13-11(15-13)10(14)5-6-12(13,3)9(8)2;1-2/h8-9,11H,4-7H2,1-3H3;1-2H3. The maximum Gasteiger partial charge on any atom is 0.164 e. The molecule has 0 radical (unpaired) electrons. The predicted octanol–water partition coefficient (Wildman–Crippen LogP) is 3.59. The molecule has 0 bridgehead atoms. The molecule has 1 aliphatic heterocycles. The fourth-order valence-corrected chi connectivity index (χ4v) is 4.07. The summed E-state index contributed by atoms with van der Waals surface area (Å²) in [6, 6.07) is 0. The van der Waals surface area contributed by atoms with Crippen molar-refractivity contribution in [3.8, 4) is 0 Å². The first-order valence-corrected chi connectivity index (χ1v) is 7.22. The average molecular weight is 238 g/mol. The van der Waals surface area contributed by atoms with Gasteiger partial charge in [-0.2, -0.15) is 0 Å². The van der Waals surface area contributed by atoms with Crippen LogP contribution in [0.15, 0.2) is 0 Å². The Hall–Kier alpha value is -0.370. The molecule has 1 heterocycles. The summed E-state index contributed by atoms with van der Waals surface area (Å²) in [7, 11) is 0. The lowest BCUT2D eigenvalue weighted by atomic mass is 9.53. The number of hydrogen-bond acceptors (Lipinski definition) is 2. The van der Waals surface area contributed by atoms with Gasteiger partial charge in [-0.15, -0.1) is 0 Å². The number of hydrogen-bond donors (Lipinski definition) is 0. The smallest absolute Gasteiger partial charge is 0.164 e. The number of epoxide rings is 1. The molecule has 0 N–H and O–H groups in total. The molecule has 0 aromatic heterocycles. The Morgan fingerprint density at radius 2 is 1.88 bits per heavy atom. The van der Waals surface area contributed by atoms with Crippen LogP contribution >= 0.6 is 0 Å². The van der Waals surface area contributed by atoms with Crippen LogP contribution in [-0.4, -0.2) is 17.5 Å². The molecule has 98 valence electrons. The van der Waals surface area contributed by atoms with E-state index in [0.29, 0.717) is 11.7 Å². The highest BCUT2D eigenvalue weighted by Gasteiger charge is 2.73. The minimum absolute atomic E-state index is 0.0359. The van der Waals surface area contributed by atoms with Gasteiger partial charge in [0.15, 0.2) is 5.78 Å². The first-order valence-electron chi connectivity index (χ1n) is 7.22. The van der Waals surface area contributed by atoms with Gasteiger partial charge in [-0.25, -0.2) is 0 Å². The minimum Gasteiger partial charge on any atom is -0.357 e. The Bertz CT molecular complexity index is 325. The van der Waals surface area contributed by atoms with Crippen molar-refractivity contribution in [3.05, 3.63) is 0 Å². The number of carbonyl (C=O) groups excluding carboxylic acids is 1. The van der Waals surface area contributed by atoms with E-state index in [1.54, 1.807) is 0 Å². The summed E-state index contributed by atoms with van der Waals surface area (Å²) >= 11 is 0. The maximum atomic E-state index is 11.7. The van der Waals surface area contributed by atoms with Crippen LogP contribution < -0.4 is 0 Å². The second-order valence-corrected chi connectivity index (χ2v) is 6.08. The highest BCUT2D eigenvalue weighted by Crippen LogP contribution is 2.66. The predicted molar refractivity (Wildman–Crippen MR) is 68.9 cm³/mol. The van der Waals surface area contributed by atoms with Gasteiger partial charge in [0, 0.05) is 11.8 Å². The van der Waals surface area contributed by atoms with Gasteiger partial charge in [0.1, 0.15) is 11.7 Å². The molecule has 3 aliphatic rings. The van der Waals surface area contributed by atoms with E-state index in [2.05, 4.69) is 20.8 Å². The van der Waals surface area contributed by atoms with E-state index in [1.807, 2.05) is 13.8 Å². The Kier molecular flexibility index (Phi) is 3.14. The maximum absolute atomic E-state index is 11.7. The normalized spacial score (nSPS) is 51.8. The fraction of sp³-hybridized carbons (Fsp3) is 0.933. The molecule has 1 spiro atoms. The van der Waals surface area contributed by atoms with Crippen LogP contribution in [0.4, 0.5) is 0 Å². The van der Waals surface area contributed by atoms with E-state index in [9.17, 15) is 4.79 Å². The third kappa shape index (κ3) is 1.53. The third-order valence-corrected chi connectivity index (χ3v) is 5.67. The summed E-state index contributed by atoms with van der Waals surface area (Å²) < 4.78 is 5.85. The average Bonchev–Trinajstić information content (AvgIpc) is 3.09. The first-order chi connectivity index (χ1) is 8.01. The summed E-state index contributed by atoms with van der Waals surface area (Å²) in [5, 5.41) is 0. The van der Waals surface area contributed by atoms with Gasteiger partial charge in [-0.1, -0.05) is 34.6 Å². The molecule has 1 saturated heterocycles. The van der Waals surface area contributed by atoms with Crippen LogP contribution in [0.2, 0.25) is 0 Å². The first kappa shape index (κ1) is 13.1. The molecule has 5 atom stereocenters. The van der Waals surface area contributed by atoms with E-state index >= 15 is 0 Å². The van der Waals surface area contributed by atoms with Gasteiger partial charge >= 0.3 is 0 Å². The van der Waals surface area contributed by atoms with Crippen molar-refractivity contribution >= 4 is 5.78 Å². The van der Waals surface area contributed by atoms with Crippen LogP contribution in [0.1, 0.15) is 60.3 Å². The molecule has 3 rings (SSSR count). The zero-order valence-corrected chi connectivity index (χ0v) is 11.9. The van der Waals surface area contributed by atoms with Gasteiger partial charge in [0.2, 0.25) is 0 Å². The fourth-order valence-electron chi connectivity index (χ4n) is 4.07. The number of Topliss-reactive ketones (excluding diaryl/α,β-unsaturated/α-hetero) is 1. The van der Waals surface area contributed by atoms with Gasteiger partial charge in [-0.3, -0.25) is 4.79 Å². The SMILES string of the molecule is CC.CC1CCC23OC2C(=O)CCC3(C)C1C. The van der Waals surface area contributed by atoms with Crippen molar-refractivity contribution in [2.45, 2.75) is 72.0 Å². The summed E-state index contributed by atoms with van der Waals surface area (Å²) in [4.78, 5) is 11.7. The molecule has 0 aromatic rings. The van der Waals surface area contributed by atoms with E-state index in [1.165, 1.54) is 6.42 Å². The lowest BCUT2D eigenvalue weighted by Gasteiger charge is -2.50. The Balaban J connectivity index is 0.000000514. The molecular formula is C15H26O2. The van der Waals surface area contributed by atoms with Gasteiger partial charge in [-0.05, 0) is 31.1 Å². The molecule has 2 nitrogen and oxygen atoms in total. The second kappa shape index (κ2) is 4.08. The molecule has 3 fully saturated rings. The molecule has 2 aliphatic carbocycles. The van der Waals surface area contributed by atoms with Crippen molar-refractivity contribution in [2.75, 3.05) is 0 Å². The highest BCUT2D eigenvalue weighted by atomic mass is 16.6. The van der Waals surface area contributed by atoms with Crippen LogP contribution in [0.25, 0.3) is 0 Å². The number of carbonyl (C=O) groups is 1. The van der Waals surface area contributed by atoms with Crippen LogP contribution in [0.3, 0.4) is 0 Å². The highest BCUT2D eigenvalue weighted by molar-refractivity contribution is 5.88. The van der Waals surface area contributed by atoms with Crippen LogP contribution in [0.5, 0.6) is 0 Å². The van der Waals surface area contributed by atoms with Gasteiger partial charge < -0.3 is 4.74 Å². The van der Waals surface area contributed by atoms with E-state index < -0.39 is 0 Å². The van der Waals surface area contributed by atoms with E-state index in [0.717, 1.165) is 25.2 Å². The van der Waals surface area contributed by atoms with Gasteiger partial charge in [0.25, 0.3) is 0 Å². The quantitative estimate of drug-likeness (QED) is 0.604. The van der Waals surface area contributed by atoms with Crippen LogP contribution in [0, 0.1) is 17.3 Å². The van der Waals surface area contributed by atoms with Gasteiger partial charge in [0.05, 0.1) is 0 Å². The summed E-state index contributed by atoms with van der Waals surface area (Å²) in [5.74, 6) is 1.82. The summed E-state index contributed by atoms with van der Waals surface area (Å²) in [5.41, 5.74) is 0.206. The Morgan fingerprint density at radius 3 is 2.53 bits per heavy atom. The molecule has 2 saturated carbocycles. The second-order valence-electron chi connectivity index (χ2n) is 6.08. The number of ketones is 1. The Morgan fingerprint density at radius 1 is 1.24 bits per heavy atom. The summed E-state index contributed by atoms with van der Waals surface area (Å²) in [6.07, 6.45) is 4.06. The third-order valence-electron chi connectivity index (χ3n) is 5.67. The Labute approximate surface area is 105 Å². The van der Waals surface area contributed by atoms with E-state index in [-0.39, 0.29) is 17.1 Å². The van der Waals surface area contributed by atoms with Crippen molar-refractivity contribution in [2.24, 2.45) is 17.3 Å². The molecule has 5 unspecified atom stereocenters. The van der Waals surface area contributed by atoms with Crippen LogP contribution in [-0.2, 0) is 9.53 Å². The molecule has 0 aromatic carbocycles. The molecular weight excluding hydrogens is 212 g/mol. The van der Waals surface area contributed by atoms with Crippen molar-refractivity contribution in [1.82, 2.24) is 0 Å². The molecule has 0 amide bonds. The zero-order chi connectivity index (χ0) is 12.8. The van der Waals surface area contributed by atoms with E-state index in [4.69, 9.17) is 4.74 Å². The van der Waals surface area contributed by atoms with Crippen molar-refractivity contribution in [1.29, 1.82) is 0 Å².